The van der Waals surface area contributed by atoms with Crippen LogP contribution in [0.5, 0.6) is 0 Å². The van der Waals surface area contributed by atoms with E-state index in [9.17, 15) is 4.79 Å². The van der Waals surface area contributed by atoms with Gasteiger partial charge in [-0.3, -0.25) is 9.48 Å². The van der Waals surface area contributed by atoms with Crippen LogP contribution >= 0.6 is 11.5 Å². The Morgan fingerprint density at radius 3 is 3.00 bits per heavy atom. The lowest BCUT2D eigenvalue weighted by atomic mass is 10.1. The van der Waals surface area contributed by atoms with Crippen molar-refractivity contribution in [1.29, 1.82) is 0 Å². The molecule has 0 spiro atoms. The molecule has 2 aromatic rings. The second-order valence-electron chi connectivity index (χ2n) is 5.36. The highest BCUT2D eigenvalue weighted by molar-refractivity contribution is 7.07. The smallest absolute Gasteiger partial charge is 0.267 e. The van der Waals surface area contributed by atoms with Crippen LogP contribution in [0.25, 0.3) is 0 Å². The van der Waals surface area contributed by atoms with Crippen LogP contribution in [0.3, 0.4) is 0 Å². The van der Waals surface area contributed by atoms with E-state index in [1.807, 2.05) is 11.8 Å². The summed E-state index contributed by atoms with van der Waals surface area (Å²) < 4.78 is 5.95. The number of carbonyl (C=O) groups excluding carboxylic acids is 1. The van der Waals surface area contributed by atoms with Gasteiger partial charge in [-0.2, -0.15) is 5.10 Å². The van der Waals surface area contributed by atoms with Crippen LogP contribution in [-0.2, 0) is 25.9 Å². The van der Waals surface area contributed by atoms with Crippen LogP contribution in [0.2, 0.25) is 0 Å². The van der Waals surface area contributed by atoms with Gasteiger partial charge in [0.25, 0.3) is 5.91 Å². The molecule has 0 fully saturated rings. The highest BCUT2D eigenvalue weighted by Gasteiger charge is 2.30. The fourth-order valence-electron chi connectivity index (χ4n) is 3.09. The summed E-state index contributed by atoms with van der Waals surface area (Å²) in [5, 5.41) is 8.59. The molecule has 0 aromatic carbocycles. The Balaban J connectivity index is 1.64. The Labute approximate surface area is 120 Å². The summed E-state index contributed by atoms with van der Waals surface area (Å²) in [6.07, 6.45) is 3.38. The summed E-state index contributed by atoms with van der Waals surface area (Å²) in [6.45, 7) is 4.00. The molecule has 4 rings (SSSR count). The van der Waals surface area contributed by atoms with E-state index in [2.05, 4.69) is 19.4 Å². The number of hydrogen-bond acceptors (Lipinski definition) is 5. The van der Waals surface area contributed by atoms with Gasteiger partial charge in [-0.1, -0.05) is 4.49 Å². The summed E-state index contributed by atoms with van der Waals surface area (Å²) in [7, 11) is 0. The lowest BCUT2D eigenvalue weighted by molar-refractivity contribution is 0.0709. The highest BCUT2D eigenvalue weighted by atomic mass is 32.1. The van der Waals surface area contributed by atoms with Crippen molar-refractivity contribution in [2.24, 2.45) is 0 Å². The second kappa shape index (κ2) is 4.37. The topological polar surface area (TPSA) is 63.9 Å². The van der Waals surface area contributed by atoms with Gasteiger partial charge in [0.15, 0.2) is 0 Å². The summed E-state index contributed by atoms with van der Waals surface area (Å²) in [5.41, 5.74) is 4.57. The molecular formula is C13H15N5OS. The van der Waals surface area contributed by atoms with Gasteiger partial charge < -0.3 is 4.90 Å². The molecule has 0 bridgehead atoms. The second-order valence-corrected chi connectivity index (χ2v) is 6.12. The summed E-state index contributed by atoms with van der Waals surface area (Å²) in [6, 6.07) is 0. The molecule has 0 unspecified atom stereocenters. The largest absolute Gasteiger partial charge is 0.330 e. The van der Waals surface area contributed by atoms with Gasteiger partial charge in [0.2, 0.25) is 0 Å². The minimum atomic E-state index is 0.0525. The van der Waals surface area contributed by atoms with Crippen molar-refractivity contribution in [2.45, 2.75) is 39.3 Å². The number of amides is 1. The average molecular weight is 289 g/mol. The van der Waals surface area contributed by atoms with Crippen molar-refractivity contribution in [1.82, 2.24) is 24.3 Å². The Bertz CT molecular complexity index is 689. The average Bonchev–Trinajstić information content (AvgIpc) is 3.12. The van der Waals surface area contributed by atoms with Gasteiger partial charge in [0.1, 0.15) is 4.88 Å². The number of fused-ring (bicyclic) bond motifs is 3. The van der Waals surface area contributed by atoms with Crippen LogP contribution in [0.4, 0.5) is 0 Å². The number of aryl methyl sites for hydroxylation is 2. The highest BCUT2D eigenvalue weighted by Crippen LogP contribution is 2.28. The van der Waals surface area contributed by atoms with E-state index in [0.717, 1.165) is 25.1 Å². The molecule has 0 N–H and O–H groups in total. The lowest BCUT2D eigenvalue weighted by Crippen LogP contribution is -2.38. The molecule has 20 heavy (non-hydrogen) atoms. The molecule has 1 aliphatic heterocycles. The van der Waals surface area contributed by atoms with E-state index in [1.54, 1.807) is 0 Å². The molecule has 0 saturated carbocycles. The molecule has 1 aliphatic carbocycles. The minimum Gasteiger partial charge on any atom is -0.330 e. The van der Waals surface area contributed by atoms with Crippen LogP contribution in [0.15, 0.2) is 0 Å². The van der Waals surface area contributed by atoms with E-state index in [4.69, 9.17) is 0 Å². The van der Waals surface area contributed by atoms with Gasteiger partial charge in [0.05, 0.1) is 30.2 Å². The monoisotopic (exact) mass is 289 g/mol. The molecule has 0 radical (unpaired) electrons. The third kappa shape index (κ3) is 1.69. The van der Waals surface area contributed by atoms with Crippen molar-refractivity contribution in [3.05, 3.63) is 27.5 Å². The van der Waals surface area contributed by atoms with Crippen LogP contribution in [0, 0.1) is 6.92 Å². The van der Waals surface area contributed by atoms with E-state index in [1.165, 1.54) is 34.9 Å². The number of hydrogen-bond donors (Lipinski definition) is 0. The molecule has 0 saturated heterocycles. The first-order valence-corrected chi connectivity index (χ1v) is 7.67. The first-order valence-electron chi connectivity index (χ1n) is 6.89. The maximum atomic E-state index is 12.5. The predicted molar refractivity (Wildman–Crippen MR) is 73.6 cm³/mol. The molecule has 2 aromatic heterocycles. The number of rotatable bonds is 1. The Hall–Kier alpha value is -1.76. The minimum absolute atomic E-state index is 0.0525. The van der Waals surface area contributed by atoms with E-state index < -0.39 is 0 Å². The van der Waals surface area contributed by atoms with Gasteiger partial charge in [-0.05, 0) is 43.3 Å². The summed E-state index contributed by atoms with van der Waals surface area (Å²) in [5.74, 6) is 0.0525. The normalized spacial score (nSPS) is 17.1. The SMILES string of the molecule is Cc1nnsc1C(=O)N1CCn2nc3c(c2C1)CCC3. The van der Waals surface area contributed by atoms with Gasteiger partial charge in [-0.25, -0.2) is 0 Å². The van der Waals surface area contributed by atoms with Crippen molar-refractivity contribution >= 4 is 17.4 Å². The molecule has 104 valence electrons. The number of nitrogens with zero attached hydrogens (tertiary/aromatic N) is 5. The maximum Gasteiger partial charge on any atom is 0.267 e. The van der Waals surface area contributed by atoms with Crippen molar-refractivity contribution < 1.29 is 4.79 Å². The molecule has 0 atom stereocenters. The van der Waals surface area contributed by atoms with Crippen molar-refractivity contribution in [2.75, 3.05) is 6.54 Å². The molecule has 7 heteroatoms. The summed E-state index contributed by atoms with van der Waals surface area (Å²) >= 11 is 1.19. The Kier molecular flexibility index (Phi) is 2.63. The fraction of sp³-hybridized carbons (Fsp3) is 0.538. The van der Waals surface area contributed by atoms with Gasteiger partial charge >= 0.3 is 0 Å². The van der Waals surface area contributed by atoms with Gasteiger partial charge in [0, 0.05) is 6.54 Å². The molecular weight excluding hydrogens is 274 g/mol. The van der Waals surface area contributed by atoms with E-state index in [-0.39, 0.29) is 5.91 Å². The van der Waals surface area contributed by atoms with Crippen LogP contribution in [0.1, 0.15) is 38.7 Å². The first-order chi connectivity index (χ1) is 9.74. The Morgan fingerprint density at radius 2 is 2.20 bits per heavy atom. The van der Waals surface area contributed by atoms with Gasteiger partial charge in [-0.15, -0.1) is 5.10 Å². The lowest BCUT2D eigenvalue weighted by Gasteiger charge is -2.28. The van der Waals surface area contributed by atoms with E-state index in [0.29, 0.717) is 18.0 Å². The molecule has 1 amide bonds. The number of carbonyl (C=O) groups is 1. The van der Waals surface area contributed by atoms with Crippen LogP contribution in [-0.4, -0.2) is 36.7 Å². The molecule has 3 heterocycles. The fourth-order valence-corrected chi connectivity index (χ4v) is 3.72. The molecule has 6 nitrogen and oxygen atoms in total. The van der Waals surface area contributed by atoms with E-state index >= 15 is 0 Å². The zero-order chi connectivity index (χ0) is 13.7. The Morgan fingerprint density at radius 1 is 1.30 bits per heavy atom. The summed E-state index contributed by atoms with van der Waals surface area (Å²) in [4.78, 5) is 15.1. The third-order valence-electron chi connectivity index (χ3n) is 4.15. The predicted octanol–water partition coefficient (Wildman–Crippen LogP) is 1.19. The zero-order valence-electron chi connectivity index (χ0n) is 11.3. The zero-order valence-corrected chi connectivity index (χ0v) is 12.1. The number of aromatic nitrogens is 4. The molecule has 2 aliphatic rings. The van der Waals surface area contributed by atoms with Crippen molar-refractivity contribution in [3.8, 4) is 0 Å². The maximum absolute atomic E-state index is 12.5. The van der Waals surface area contributed by atoms with Crippen molar-refractivity contribution in [3.63, 3.8) is 0 Å². The standard InChI is InChI=1S/C13H15N5OS/c1-8-12(20-16-14-8)13(19)17-5-6-18-11(7-17)9-3-2-4-10(9)15-18/h2-7H2,1H3. The third-order valence-corrected chi connectivity index (χ3v) is 4.96. The van der Waals surface area contributed by atoms with Crippen LogP contribution < -0.4 is 0 Å². The first kappa shape index (κ1) is 12.0. The quantitative estimate of drug-likeness (QED) is 0.791.